The van der Waals surface area contributed by atoms with Crippen LogP contribution in [0.5, 0.6) is 0 Å². The predicted molar refractivity (Wildman–Crippen MR) is 98.5 cm³/mol. The minimum Gasteiger partial charge on any atom is -0.338 e. The van der Waals surface area contributed by atoms with Gasteiger partial charge in [-0.15, -0.1) is 0 Å². The molecule has 124 valence electrons. The lowest BCUT2D eigenvalue weighted by atomic mass is 10.1. The number of hydrogen-bond acceptors (Lipinski definition) is 3. The van der Waals surface area contributed by atoms with Crippen LogP contribution in [-0.4, -0.2) is 28.0 Å². The molecule has 4 heteroatoms. The van der Waals surface area contributed by atoms with Crippen LogP contribution in [0, 0.1) is 0 Å². The van der Waals surface area contributed by atoms with Crippen LogP contribution in [-0.2, 0) is 13.1 Å². The van der Waals surface area contributed by atoms with Crippen molar-refractivity contribution in [1.82, 2.24) is 14.9 Å². The number of piperidine rings is 1. The second-order valence-electron chi connectivity index (χ2n) is 6.67. The fraction of sp³-hybridized carbons (Fsp3) is 0.350. The molecule has 3 N–H and O–H groups in total. The van der Waals surface area contributed by atoms with Crippen LogP contribution in [0.2, 0.25) is 0 Å². The van der Waals surface area contributed by atoms with E-state index in [9.17, 15) is 0 Å². The predicted octanol–water partition coefficient (Wildman–Crippen LogP) is 3.67. The van der Waals surface area contributed by atoms with Gasteiger partial charge in [0.1, 0.15) is 5.82 Å². The first-order valence-corrected chi connectivity index (χ1v) is 8.82. The topological polar surface area (TPSA) is 57.9 Å². The highest BCUT2D eigenvalue weighted by atomic mass is 15.1. The van der Waals surface area contributed by atoms with Crippen LogP contribution in [0.3, 0.4) is 0 Å². The Labute approximate surface area is 142 Å². The van der Waals surface area contributed by atoms with Crippen molar-refractivity contribution in [3.05, 3.63) is 53.6 Å². The van der Waals surface area contributed by atoms with Crippen LogP contribution in [0.1, 0.15) is 30.4 Å². The molecular weight excluding hydrogens is 296 g/mol. The second-order valence-corrected chi connectivity index (χ2v) is 6.67. The first-order valence-electron chi connectivity index (χ1n) is 8.82. The molecule has 0 radical (unpaired) electrons. The van der Waals surface area contributed by atoms with E-state index in [4.69, 9.17) is 10.7 Å². The van der Waals surface area contributed by atoms with Gasteiger partial charge in [-0.05, 0) is 49.2 Å². The maximum Gasteiger partial charge on any atom is 0.138 e. The monoisotopic (exact) mass is 320 g/mol. The van der Waals surface area contributed by atoms with Gasteiger partial charge in [-0.1, -0.05) is 36.8 Å². The van der Waals surface area contributed by atoms with Gasteiger partial charge in [0.15, 0.2) is 0 Å². The fourth-order valence-corrected chi connectivity index (χ4v) is 3.47. The zero-order chi connectivity index (χ0) is 16.4. The van der Waals surface area contributed by atoms with E-state index < -0.39 is 0 Å². The number of nitrogens with zero attached hydrogens (tertiary/aromatic N) is 2. The van der Waals surface area contributed by atoms with E-state index in [1.807, 2.05) is 0 Å². The summed E-state index contributed by atoms with van der Waals surface area (Å²) < 4.78 is 0. The molecule has 2 heterocycles. The molecule has 0 saturated carbocycles. The molecule has 4 rings (SSSR count). The number of hydrogen-bond donors (Lipinski definition) is 2. The molecule has 0 spiro atoms. The second kappa shape index (κ2) is 6.75. The SMILES string of the molecule is NCc1ccc(-c2nc3ccc(CN4CCCCC4)cc3[nH]2)cc1. The van der Waals surface area contributed by atoms with Crippen LogP contribution >= 0.6 is 0 Å². The molecule has 1 aliphatic rings. The van der Waals surface area contributed by atoms with Gasteiger partial charge >= 0.3 is 0 Å². The van der Waals surface area contributed by atoms with Gasteiger partial charge in [0.25, 0.3) is 0 Å². The van der Waals surface area contributed by atoms with Crippen molar-refractivity contribution in [3.8, 4) is 11.4 Å². The summed E-state index contributed by atoms with van der Waals surface area (Å²) >= 11 is 0. The van der Waals surface area contributed by atoms with Crippen LogP contribution in [0.15, 0.2) is 42.5 Å². The van der Waals surface area contributed by atoms with Crippen molar-refractivity contribution in [2.45, 2.75) is 32.4 Å². The highest BCUT2D eigenvalue weighted by Crippen LogP contribution is 2.23. The van der Waals surface area contributed by atoms with E-state index in [1.165, 1.54) is 37.9 Å². The Hall–Kier alpha value is -2.17. The third-order valence-corrected chi connectivity index (χ3v) is 4.86. The first-order chi connectivity index (χ1) is 11.8. The van der Waals surface area contributed by atoms with Gasteiger partial charge < -0.3 is 10.7 Å². The quantitative estimate of drug-likeness (QED) is 0.771. The number of nitrogens with one attached hydrogen (secondary N) is 1. The van der Waals surface area contributed by atoms with Crippen molar-refractivity contribution >= 4 is 11.0 Å². The van der Waals surface area contributed by atoms with E-state index in [0.29, 0.717) is 6.54 Å². The average molecular weight is 320 g/mol. The molecule has 4 nitrogen and oxygen atoms in total. The molecule has 1 aromatic heterocycles. The standard InChI is InChI=1S/C20H24N4/c21-13-15-4-7-17(8-5-15)20-22-18-9-6-16(12-19(18)23-20)14-24-10-2-1-3-11-24/h4-9,12H,1-3,10-11,13-14,21H2,(H,22,23). The molecule has 0 aliphatic carbocycles. The van der Waals surface area contributed by atoms with Gasteiger partial charge in [-0.2, -0.15) is 0 Å². The molecule has 0 unspecified atom stereocenters. The highest BCUT2D eigenvalue weighted by molar-refractivity contribution is 5.80. The van der Waals surface area contributed by atoms with E-state index in [2.05, 4.69) is 52.3 Å². The summed E-state index contributed by atoms with van der Waals surface area (Å²) in [5.74, 6) is 0.920. The zero-order valence-corrected chi connectivity index (χ0v) is 14.0. The third kappa shape index (κ3) is 3.21. The largest absolute Gasteiger partial charge is 0.338 e. The highest BCUT2D eigenvalue weighted by Gasteiger charge is 2.11. The molecular formula is C20H24N4. The third-order valence-electron chi connectivity index (χ3n) is 4.86. The fourth-order valence-electron chi connectivity index (χ4n) is 3.47. The Morgan fingerprint density at radius 2 is 1.71 bits per heavy atom. The summed E-state index contributed by atoms with van der Waals surface area (Å²) in [4.78, 5) is 10.7. The summed E-state index contributed by atoms with van der Waals surface area (Å²) in [6.45, 7) is 4.05. The lowest BCUT2D eigenvalue weighted by Crippen LogP contribution is -2.29. The van der Waals surface area contributed by atoms with Gasteiger partial charge in [-0.3, -0.25) is 4.90 Å². The minimum absolute atomic E-state index is 0.570. The van der Waals surface area contributed by atoms with Crippen molar-refractivity contribution in [3.63, 3.8) is 0 Å². The molecule has 1 aliphatic heterocycles. The van der Waals surface area contributed by atoms with Gasteiger partial charge in [0.05, 0.1) is 11.0 Å². The Bertz CT molecular complexity index is 813. The minimum atomic E-state index is 0.570. The van der Waals surface area contributed by atoms with Crippen LogP contribution in [0.25, 0.3) is 22.4 Å². The number of benzene rings is 2. The summed E-state index contributed by atoms with van der Waals surface area (Å²) in [5.41, 5.74) is 11.4. The van der Waals surface area contributed by atoms with E-state index >= 15 is 0 Å². The van der Waals surface area contributed by atoms with Crippen LogP contribution in [0.4, 0.5) is 0 Å². The number of rotatable bonds is 4. The normalized spacial score (nSPS) is 15.9. The van der Waals surface area contributed by atoms with Crippen molar-refractivity contribution in [2.75, 3.05) is 13.1 Å². The molecule has 0 atom stereocenters. The summed E-state index contributed by atoms with van der Waals surface area (Å²) in [6.07, 6.45) is 4.03. The molecule has 0 bridgehead atoms. The maximum atomic E-state index is 5.67. The maximum absolute atomic E-state index is 5.67. The Balaban J connectivity index is 1.58. The number of H-pyrrole nitrogens is 1. The van der Waals surface area contributed by atoms with E-state index in [1.54, 1.807) is 0 Å². The molecule has 24 heavy (non-hydrogen) atoms. The Morgan fingerprint density at radius 1 is 0.958 bits per heavy atom. The number of likely N-dealkylation sites (tertiary alicyclic amines) is 1. The van der Waals surface area contributed by atoms with Crippen molar-refractivity contribution in [1.29, 1.82) is 0 Å². The lowest BCUT2D eigenvalue weighted by molar-refractivity contribution is 0.221. The number of aromatic amines is 1. The summed E-state index contributed by atoms with van der Waals surface area (Å²) in [6, 6.07) is 14.9. The summed E-state index contributed by atoms with van der Waals surface area (Å²) in [5, 5.41) is 0. The van der Waals surface area contributed by atoms with E-state index in [0.717, 1.165) is 34.5 Å². The average Bonchev–Trinajstić information content (AvgIpc) is 3.06. The molecule has 1 saturated heterocycles. The first kappa shape index (κ1) is 15.4. The molecule has 1 fully saturated rings. The molecule has 2 aromatic carbocycles. The lowest BCUT2D eigenvalue weighted by Gasteiger charge is -2.26. The number of nitrogens with two attached hydrogens (primary N) is 1. The van der Waals surface area contributed by atoms with Gasteiger partial charge in [0, 0.05) is 18.7 Å². The summed E-state index contributed by atoms with van der Waals surface area (Å²) in [7, 11) is 0. The zero-order valence-electron chi connectivity index (χ0n) is 14.0. The molecule has 3 aromatic rings. The smallest absolute Gasteiger partial charge is 0.138 e. The van der Waals surface area contributed by atoms with Crippen molar-refractivity contribution in [2.24, 2.45) is 5.73 Å². The molecule has 0 amide bonds. The van der Waals surface area contributed by atoms with Crippen molar-refractivity contribution < 1.29 is 0 Å². The van der Waals surface area contributed by atoms with Gasteiger partial charge in [0.2, 0.25) is 0 Å². The Kier molecular flexibility index (Phi) is 4.32. The van der Waals surface area contributed by atoms with Gasteiger partial charge in [-0.25, -0.2) is 4.98 Å². The van der Waals surface area contributed by atoms with Crippen LogP contribution < -0.4 is 5.73 Å². The Morgan fingerprint density at radius 3 is 2.46 bits per heavy atom. The number of aromatic nitrogens is 2. The number of fused-ring (bicyclic) bond motifs is 1. The number of imidazole rings is 1. The van der Waals surface area contributed by atoms with E-state index in [-0.39, 0.29) is 0 Å².